The predicted molar refractivity (Wildman–Crippen MR) is 160 cm³/mol. The van der Waals surface area contributed by atoms with Crippen LogP contribution in [0.4, 0.5) is 0 Å². The fourth-order valence-electron chi connectivity index (χ4n) is 6.34. The van der Waals surface area contributed by atoms with Crippen LogP contribution in [0.15, 0.2) is 97.1 Å². The standard InChI is InChI=1S/C36H30O4/c1-37-26-16-14-25(15-17-26)36(24-10-5-4-6-11-24)20-19-28-30-21-32(38-2)33(39-3)22-31(30)34-27-12-8-7-9-23(27)13-18-29(34)35(28)40-36/h4-12,14-17,19-22H,13,18H2,1-3H3. The zero-order valence-electron chi connectivity index (χ0n) is 22.9. The molecule has 1 atom stereocenters. The number of aryl methyl sites for hydroxylation is 1. The van der Waals surface area contributed by atoms with Crippen LogP contribution >= 0.6 is 0 Å². The summed E-state index contributed by atoms with van der Waals surface area (Å²) in [6.45, 7) is 0. The summed E-state index contributed by atoms with van der Waals surface area (Å²) < 4.78 is 24.3. The highest BCUT2D eigenvalue weighted by molar-refractivity contribution is 6.07. The summed E-state index contributed by atoms with van der Waals surface area (Å²) in [4.78, 5) is 0. The van der Waals surface area contributed by atoms with E-state index >= 15 is 0 Å². The molecule has 1 heterocycles. The maximum absolute atomic E-state index is 7.32. The van der Waals surface area contributed by atoms with Gasteiger partial charge in [0.05, 0.1) is 21.3 Å². The average Bonchev–Trinajstić information content (AvgIpc) is 3.04. The molecule has 5 aromatic rings. The van der Waals surface area contributed by atoms with Crippen molar-refractivity contribution in [3.05, 3.63) is 125 Å². The van der Waals surface area contributed by atoms with E-state index < -0.39 is 5.60 Å². The molecule has 0 aromatic heterocycles. The Bertz CT molecular complexity index is 1770. The molecular formula is C36H30O4. The molecule has 1 aliphatic carbocycles. The molecule has 0 bridgehead atoms. The van der Waals surface area contributed by atoms with E-state index in [0.717, 1.165) is 57.6 Å². The van der Waals surface area contributed by atoms with Crippen LogP contribution in [0.5, 0.6) is 23.0 Å². The second kappa shape index (κ2) is 9.49. The van der Waals surface area contributed by atoms with E-state index in [4.69, 9.17) is 18.9 Å². The number of rotatable bonds is 5. The third-order valence-corrected chi connectivity index (χ3v) is 8.30. The van der Waals surface area contributed by atoms with Gasteiger partial charge in [-0.3, -0.25) is 0 Å². The van der Waals surface area contributed by atoms with Gasteiger partial charge in [0.2, 0.25) is 0 Å². The van der Waals surface area contributed by atoms with E-state index in [1.165, 1.54) is 22.3 Å². The highest BCUT2D eigenvalue weighted by Gasteiger charge is 2.40. The van der Waals surface area contributed by atoms with E-state index in [2.05, 4.69) is 84.9 Å². The van der Waals surface area contributed by atoms with Gasteiger partial charge in [0.25, 0.3) is 0 Å². The van der Waals surface area contributed by atoms with Crippen molar-refractivity contribution in [2.75, 3.05) is 21.3 Å². The van der Waals surface area contributed by atoms with Gasteiger partial charge in [-0.15, -0.1) is 0 Å². The Labute approximate surface area is 234 Å². The molecule has 0 amide bonds. The number of ether oxygens (including phenoxy) is 4. The Hall–Kier alpha value is -4.70. The van der Waals surface area contributed by atoms with Crippen LogP contribution in [0, 0.1) is 0 Å². The van der Waals surface area contributed by atoms with Gasteiger partial charge >= 0.3 is 0 Å². The number of hydrogen-bond acceptors (Lipinski definition) is 4. The second-order valence-electron chi connectivity index (χ2n) is 10.3. The summed E-state index contributed by atoms with van der Waals surface area (Å²) in [7, 11) is 5.06. The number of methoxy groups -OCH3 is 3. The van der Waals surface area contributed by atoms with E-state index in [-0.39, 0.29) is 0 Å². The van der Waals surface area contributed by atoms with Crippen molar-refractivity contribution in [3.8, 4) is 34.1 Å². The van der Waals surface area contributed by atoms with Crippen molar-refractivity contribution in [1.29, 1.82) is 0 Å². The lowest BCUT2D eigenvalue weighted by atomic mass is 9.78. The monoisotopic (exact) mass is 526 g/mol. The zero-order chi connectivity index (χ0) is 27.3. The molecule has 7 rings (SSSR count). The van der Waals surface area contributed by atoms with Crippen LogP contribution < -0.4 is 18.9 Å². The van der Waals surface area contributed by atoms with Gasteiger partial charge < -0.3 is 18.9 Å². The average molecular weight is 527 g/mol. The molecule has 40 heavy (non-hydrogen) atoms. The van der Waals surface area contributed by atoms with Crippen LogP contribution in [-0.4, -0.2) is 21.3 Å². The molecule has 0 saturated carbocycles. The van der Waals surface area contributed by atoms with Gasteiger partial charge in [-0.25, -0.2) is 0 Å². The fourth-order valence-corrected chi connectivity index (χ4v) is 6.34. The van der Waals surface area contributed by atoms with Gasteiger partial charge in [0.1, 0.15) is 11.5 Å². The summed E-state index contributed by atoms with van der Waals surface area (Å²) in [6, 6.07) is 31.5. The fraction of sp³-hybridized carbons (Fsp3) is 0.167. The largest absolute Gasteiger partial charge is 0.497 e. The summed E-state index contributed by atoms with van der Waals surface area (Å²) >= 11 is 0. The first-order valence-corrected chi connectivity index (χ1v) is 13.6. The van der Waals surface area contributed by atoms with Gasteiger partial charge in [-0.05, 0) is 76.7 Å². The zero-order valence-corrected chi connectivity index (χ0v) is 22.9. The van der Waals surface area contributed by atoms with Crippen LogP contribution in [0.2, 0.25) is 0 Å². The molecular weight excluding hydrogens is 496 g/mol. The number of hydrogen-bond donors (Lipinski definition) is 0. The van der Waals surface area contributed by atoms with Crippen molar-refractivity contribution in [2.24, 2.45) is 0 Å². The molecule has 0 saturated heterocycles. The van der Waals surface area contributed by atoms with Crippen molar-refractivity contribution in [3.63, 3.8) is 0 Å². The van der Waals surface area contributed by atoms with Crippen LogP contribution in [-0.2, 0) is 18.4 Å². The van der Waals surface area contributed by atoms with Gasteiger partial charge in [-0.1, -0.05) is 66.7 Å². The molecule has 0 N–H and O–H groups in total. The highest BCUT2D eigenvalue weighted by atomic mass is 16.5. The Balaban J connectivity index is 1.55. The summed E-state index contributed by atoms with van der Waals surface area (Å²) in [5, 5.41) is 2.22. The molecule has 0 spiro atoms. The van der Waals surface area contributed by atoms with Crippen LogP contribution in [0.1, 0.15) is 27.8 Å². The third-order valence-electron chi connectivity index (χ3n) is 8.30. The number of fused-ring (bicyclic) bond motifs is 8. The quantitative estimate of drug-likeness (QED) is 0.233. The normalized spacial score (nSPS) is 16.9. The topological polar surface area (TPSA) is 36.9 Å². The maximum atomic E-state index is 7.32. The van der Waals surface area contributed by atoms with Gasteiger partial charge in [-0.2, -0.15) is 0 Å². The van der Waals surface area contributed by atoms with Gasteiger partial charge in [0, 0.05) is 22.3 Å². The predicted octanol–water partition coefficient (Wildman–Crippen LogP) is 7.98. The summed E-state index contributed by atoms with van der Waals surface area (Å²) in [6.07, 6.45) is 6.26. The van der Waals surface area contributed by atoms with Gasteiger partial charge in [0.15, 0.2) is 17.1 Å². The lowest BCUT2D eigenvalue weighted by molar-refractivity contribution is 0.159. The summed E-state index contributed by atoms with van der Waals surface area (Å²) in [5.74, 6) is 3.15. The maximum Gasteiger partial charge on any atom is 0.178 e. The molecule has 0 fully saturated rings. The van der Waals surface area contributed by atoms with Crippen molar-refractivity contribution >= 4 is 16.8 Å². The van der Waals surface area contributed by atoms with Crippen molar-refractivity contribution in [2.45, 2.75) is 18.4 Å². The van der Waals surface area contributed by atoms with Crippen LogP contribution in [0.3, 0.4) is 0 Å². The highest BCUT2D eigenvalue weighted by Crippen LogP contribution is 2.53. The lowest BCUT2D eigenvalue weighted by Crippen LogP contribution is -2.35. The molecule has 1 aliphatic heterocycles. The Morgan fingerprint density at radius 2 is 1.35 bits per heavy atom. The molecule has 0 radical (unpaired) electrons. The third kappa shape index (κ3) is 3.60. The first-order valence-electron chi connectivity index (χ1n) is 13.6. The minimum absolute atomic E-state index is 0.699. The van der Waals surface area contributed by atoms with Crippen molar-refractivity contribution < 1.29 is 18.9 Å². The minimum Gasteiger partial charge on any atom is -0.497 e. The van der Waals surface area contributed by atoms with E-state index in [1.54, 1.807) is 21.3 Å². The van der Waals surface area contributed by atoms with E-state index in [1.807, 2.05) is 18.2 Å². The molecule has 4 heteroatoms. The molecule has 5 aromatic carbocycles. The molecule has 198 valence electrons. The first-order chi connectivity index (χ1) is 19.7. The lowest BCUT2D eigenvalue weighted by Gasteiger charge is -2.39. The van der Waals surface area contributed by atoms with Crippen LogP contribution in [0.25, 0.3) is 28.0 Å². The summed E-state index contributed by atoms with van der Waals surface area (Å²) in [5.41, 5.74) is 7.41. The second-order valence-corrected chi connectivity index (χ2v) is 10.3. The van der Waals surface area contributed by atoms with E-state index in [9.17, 15) is 0 Å². The first kappa shape index (κ1) is 24.3. The smallest absolute Gasteiger partial charge is 0.178 e. The van der Waals surface area contributed by atoms with Crippen molar-refractivity contribution in [1.82, 2.24) is 0 Å². The number of benzene rings is 5. The van der Waals surface area contributed by atoms with E-state index in [0.29, 0.717) is 5.75 Å². The Morgan fingerprint density at radius 1 is 0.675 bits per heavy atom. The SMILES string of the molecule is COc1ccc(C2(c3ccccc3)C=Cc3c(c4c(c5cc(OC)c(OC)cc35)-c3ccccc3CC4)O2)cc1. The Kier molecular flexibility index (Phi) is 5.78. The molecule has 2 aliphatic rings. The Morgan fingerprint density at radius 3 is 2.08 bits per heavy atom. The molecule has 4 nitrogen and oxygen atoms in total. The molecule has 1 unspecified atom stereocenters. The minimum atomic E-state index is -0.796.